The van der Waals surface area contributed by atoms with Gasteiger partial charge in [0.2, 0.25) is 0 Å². The van der Waals surface area contributed by atoms with Gasteiger partial charge in [0.25, 0.3) is 5.91 Å². The van der Waals surface area contributed by atoms with Crippen molar-refractivity contribution in [1.29, 1.82) is 0 Å². The number of anilines is 1. The molecule has 7 heteroatoms. The first-order chi connectivity index (χ1) is 11.0. The van der Waals surface area contributed by atoms with Crippen molar-refractivity contribution in [2.24, 2.45) is 7.05 Å². The van der Waals surface area contributed by atoms with Crippen LogP contribution in [-0.4, -0.2) is 38.9 Å². The van der Waals surface area contributed by atoms with E-state index in [-0.39, 0.29) is 17.7 Å². The molecule has 0 bridgehead atoms. The Morgan fingerprint density at radius 3 is 2.65 bits per heavy atom. The molecule has 1 fully saturated rings. The second kappa shape index (κ2) is 6.28. The number of nitrogens with one attached hydrogen (secondary N) is 1. The lowest BCUT2D eigenvalue weighted by Crippen LogP contribution is -2.27. The summed E-state index contributed by atoms with van der Waals surface area (Å²) in [5, 5.41) is 16.8. The number of aryl methyl sites for hydroxylation is 1. The number of aromatic hydroxyl groups is 1. The first-order valence-electron chi connectivity index (χ1n) is 7.79. The Balaban J connectivity index is 1.66. The summed E-state index contributed by atoms with van der Waals surface area (Å²) in [7, 11) is 1.72. The molecule has 3 heterocycles. The van der Waals surface area contributed by atoms with Crippen molar-refractivity contribution in [3.63, 3.8) is 0 Å². The maximum absolute atomic E-state index is 12.3. The summed E-state index contributed by atoms with van der Waals surface area (Å²) < 4.78 is 1.51. The van der Waals surface area contributed by atoms with Gasteiger partial charge in [-0.3, -0.25) is 9.48 Å². The zero-order valence-corrected chi connectivity index (χ0v) is 13.4. The van der Waals surface area contributed by atoms with Gasteiger partial charge in [0.05, 0.1) is 17.8 Å². The van der Waals surface area contributed by atoms with E-state index in [9.17, 15) is 9.90 Å². The second-order valence-corrected chi connectivity index (χ2v) is 5.87. The predicted molar refractivity (Wildman–Crippen MR) is 86.4 cm³/mol. The van der Waals surface area contributed by atoms with Crippen LogP contribution >= 0.6 is 0 Å². The first kappa shape index (κ1) is 15.3. The Labute approximate surface area is 134 Å². The molecule has 0 saturated carbocycles. The van der Waals surface area contributed by atoms with Crippen LogP contribution in [0.3, 0.4) is 0 Å². The maximum Gasteiger partial charge on any atom is 0.253 e. The van der Waals surface area contributed by atoms with Gasteiger partial charge >= 0.3 is 0 Å². The smallest absolute Gasteiger partial charge is 0.253 e. The SMILES string of the molecule is CC(NC(=O)c1ccc(N2CCCC2)nc1)c1nn(C)cc1O. The highest BCUT2D eigenvalue weighted by Gasteiger charge is 2.18. The number of rotatable bonds is 4. The topological polar surface area (TPSA) is 83.3 Å². The summed E-state index contributed by atoms with van der Waals surface area (Å²) >= 11 is 0. The van der Waals surface area contributed by atoms with E-state index in [1.807, 2.05) is 6.07 Å². The molecule has 23 heavy (non-hydrogen) atoms. The van der Waals surface area contributed by atoms with E-state index in [0.717, 1.165) is 18.9 Å². The van der Waals surface area contributed by atoms with Crippen molar-refractivity contribution in [3.8, 4) is 5.75 Å². The molecule has 0 radical (unpaired) electrons. The van der Waals surface area contributed by atoms with Gasteiger partial charge in [-0.1, -0.05) is 0 Å². The van der Waals surface area contributed by atoms with Gasteiger partial charge in [0.15, 0.2) is 5.75 Å². The van der Waals surface area contributed by atoms with Crippen molar-refractivity contribution in [1.82, 2.24) is 20.1 Å². The third-order valence-corrected chi connectivity index (χ3v) is 4.03. The standard InChI is InChI=1S/C16H21N5O2/c1-11(15-13(22)10-20(2)19-15)18-16(23)12-5-6-14(17-9-12)21-7-3-4-8-21/h5-6,9-11,22H,3-4,7-8H2,1-2H3,(H,18,23). The van der Waals surface area contributed by atoms with Crippen LogP contribution in [0.4, 0.5) is 5.82 Å². The van der Waals surface area contributed by atoms with E-state index in [1.54, 1.807) is 26.2 Å². The minimum atomic E-state index is -0.387. The number of aromatic nitrogens is 3. The highest BCUT2D eigenvalue weighted by atomic mass is 16.3. The largest absolute Gasteiger partial charge is 0.504 e. The fourth-order valence-corrected chi connectivity index (χ4v) is 2.80. The molecule has 122 valence electrons. The van der Waals surface area contributed by atoms with E-state index in [0.29, 0.717) is 11.3 Å². The summed E-state index contributed by atoms with van der Waals surface area (Å²) in [5.74, 6) is 0.750. The second-order valence-electron chi connectivity index (χ2n) is 5.87. The third-order valence-electron chi connectivity index (χ3n) is 4.03. The van der Waals surface area contributed by atoms with Crippen LogP contribution in [0.2, 0.25) is 0 Å². The van der Waals surface area contributed by atoms with Crippen LogP contribution in [0.5, 0.6) is 5.75 Å². The molecular weight excluding hydrogens is 294 g/mol. The highest BCUT2D eigenvalue weighted by molar-refractivity contribution is 5.94. The van der Waals surface area contributed by atoms with Crippen molar-refractivity contribution >= 4 is 11.7 Å². The van der Waals surface area contributed by atoms with E-state index >= 15 is 0 Å². The highest BCUT2D eigenvalue weighted by Crippen LogP contribution is 2.22. The van der Waals surface area contributed by atoms with Crippen LogP contribution in [0.1, 0.15) is 41.9 Å². The molecule has 7 nitrogen and oxygen atoms in total. The average Bonchev–Trinajstić information content (AvgIpc) is 3.17. The summed E-state index contributed by atoms with van der Waals surface area (Å²) in [6, 6.07) is 3.27. The van der Waals surface area contributed by atoms with E-state index in [4.69, 9.17) is 0 Å². The molecule has 2 N–H and O–H groups in total. The minimum absolute atomic E-state index is 0.0720. The Morgan fingerprint density at radius 1 is 1.35 bits per heavy atom. The zero-order chi connectivity index (χ0) is 16.4. The number of pyridine rings is 1. The Kier molecular flexibility index (Phi) is 4.18. The lowest BCUT2D eigenvalue weighted by molar-refractivity contribution is 0.0938. The molecular formula is C16H21N5O2. The third kappa shape index (κ3) is 3.28. The average molecular weight is 315 g/mol. The van der Waals surface area contributed by atoms with Crippen LogP contribution in [0.15, 0.2) is 24.5 Å². The molecule has 0 aromatic carbocycles. The number of amides is 1. The Hall–Kier alpha value is -2.57. The molecule has 2 aromatic heterocycles. The van der Waals surface area contributed by atoms with Gasteiger partial charge < -0.3 is 15.3 Å². The summed E-state index contributed by atoms with van der Waals surface area (Å²) in [6.07, 6.45) is 5.47. The molecule has 1 aliphatic rings. The number of hydrogen-bond acceptors (Lipinski definition) is 5. The quantitative estimate of drug-likeness (QED) is 0.895. The molecule has 0 aliphatic carbocycles. The number of carbonyl (C=O) groups is 1. The van der Waals surface area contributed by atoms with Gasteiger partial charge in [-0.2, -0.15) is 5.10 Å². The van der Waals surface area contributed by atoms with Gasteiger partial charge in [-0.25, -0.2) is 4.98 Å². The number of carbonyl (C=O) groups excluding carboxylic acids is 1. The van der Waals surface area contributed by atoms with Crippen molar-refractivity contribution < 1.29 is 9.90 Å². The Bertz CT molecular complexity index is 689. The molecule has 1 atom stereocenters. The lowest BCUT2D eigenvalue weighted by Gasteiger charge is -2.16. The molecule has 3 rings (SSSR count). The zero-order valence-electron chi connectivity index (χ0n) is 13.4. The normalized spacial score (nSPS) is 15.7. The molecule has 0 spiro atoms. The monoisotopic (exact) mass is 315 g/mol. The fourth-order valence-electron chi connectivity index (χ4n) is 2.80. The van der Waals surface area contributed by atoms with Crippen LogP contribution in [-0.2, 0) is 7.05 Å². The molecule has 1 amide bonds. The predicted octanol–water partition coefficient (Wildman–Crippen LogP) is 1.61. The van der Waals surface area contributed by atoms with Gasteiger partial charge in [0.1, 0.15) is 11.5 Å². The summed E-state index contributed by atoms with van der Waals surface area (Å²) in [5.41, 5.74) is 0.942. The lowest BCUT2D eigenvalue weighted by atomic mass is 10.2. The van der Waals surface area contributed by atoms with Gasteiger partial charge in [-0.05, 0) is 31.9 Å². The van der Waals surface area contributed by atoms with Crippen LogP contribution < -0.4 is 10.2 Å². The molecule has 1 aliphatic heterocycles. The van der Waals surface area contributed by atoms with Crippen molar-refractivity contribution in [2.75, 3.05) is 18.0 Å². The van der Waals surface area contributed by atoms with E-state index in [1.165, 1.54) is 23.7 Å². The van der Waals surface area contributed by atoms with Crippen LogP contribution in [0.25, 0.3) is 0 Å². The van der Waals surface area contributed by atoms with E-state index in [2.05, 4.69) is 20.3 Å². The number of hydrogen-bond donors (Lipinski definition) is 2. The molecule has 1 saturated heterocycles. The minimum Gasteiger partial charge on any atom is -0.504 e. The first-order valence-corrected chi connectivity index (χ1v) is 7.79. The summed E-state index contributed by atoms with van der Waals surface area (Å²) in [4.78, 5) is 18.9. The van der Waals surface area contributed by atoms with Gasteiger partial charge in [0, 0.05) is 26.3 Å². The summed E-state index contributed by atoms with van der Waals surface area (Å²) in [6.45, 7) is 3.83. The van der Waals surface area contributed by atoms with Crippen molar-refractivity contribution in [3.05, 3.63) is 35.8 Å². The molecule has 2 aromatic rings. The Morgan fingerprint density at radius 2 is 2.09 bits per heavy atom. The van der Waals surface area contributed by atoms with E-state index < -0.39 is 0 Å². The van der Waals surface area contributed by atoms with Crippen LogP contribution in [0, 0.1) is 0 Å². The van der Waals surface area contributed by atoms with Gasteiger partial charge in [-0.15, -0.1) is 0 Å². The maximum atomic E-state index is 12.3. The fraction of sp³-hybridized carbons (Fsp3) is 0.438. The molecule has 1 unspecified atom stereocenters. The van der Waals surface area contributed by atoms with Crippen molar-refractivity contribution in [2.45, 2.75) is 25.8 Å². The number of nitrogens with zero attached hydrogens (tertiary/aromatic N) is 4.